The van der Waals surface area contributed by atoms with Gasteiger partial charge in [0.2, 0.25) is 0 Å². The zero-order valence-electron chi connectivity index (χ0n) is 29.6. The van der Waals surface area contributed by atoms with Gasteiger partial charge in [-0.05, 0) is 108 Å². The first-order valence-electron chi connectivity index (χ1n) is 18.2. The quantitative estimate of drug-likeness (QED) is 0.174. The van der Waals surface area contributed by atoms with Crippen LogP contribution < -0.4 is 4.90 Å². The summed E-state index contributed by atoms with van der Waals surface area (Å²) in [7, 11) is 0. The van der Waals surface area contributed by atoms with Gasteiger partial charge in [-0.25, -0.2) is 0 Å². The molecule has 0 unspecified atom stereocenters. The van der Waals surface area contributed by atoms with Crippen LogP contribution in [0.2, 0.25) is 0 Å². The number of anilines is 3. The van der Waals surface area contributed by atoms with Crippen LogP contribution in [0.25, 0.3) is 71.7 Å². The summed E-state index contributed by atoms with van der Waals surface area (Å²) in [6.07, 6.45) is 0. The Morgan fingerprint density at radius 3 is 1.70 bits per heavy atom. The molecule has 0 saturated heterocycles. The van der Waals surface area contributed by atoms with Crippen LogP contribution in [0, 0.1) is 13.8 Å². The first kappa shape index (κ1) is 30.9. The molecule has 252 valence electrons. The molecule has 3 nitrogen and oxygen atoms in total. The molecule has 2 aromatic heterocycles. The lowest BCUT2D eigenvalue weighted by Gasteiger charge is -2.28. The number of nitrogens with zero attached hydrogens (tertiary/aromatic N) is 2. The van der Waals surface area contributed by atoms with Crippen LogP contribution in [0.1, 0.15) is 11.1 Å². The van der Waals surface area contributed by atoms with Crippen LogP contribution in [-0.2, 0) is 0 Å². The Balaban J connectivity index is 1.22. The number of aromatic nitrogens is 1. The molecule has 0 aliphatic carbocycles. The van der Waals surface area contributed by atoms with E-state index in [1.165, 1.54) is 44.1 Å². The van der Waals surface area contributed by atoms with Crippen molar-refractivity contribution in [1.82, 2.24) is 4.57 Å². The molecule has 0 aliphatic heterocycles. The highest BCUT2D eigenvalue weighted by molar-refractivity contribution is 6.12. The van der Waals surface area contributed by atoms with E-state index in [0.717, 1.165) is 55.8 Å². The summed E-state index contributed by atoms with van der Waals surface area (Å²) in [5.74, 6) is 0. The molecule has 0 bridgehead atoms. The summed E-state index contributed by atoms with van der Waals surface area (Å²) in [6.45, 7) is 4.45. The maximum atomic E-state index is 6.73. The van der Waals surface area contributed by atoms with Gasteiger partial charge in [-0.15, -0.1) is 0 Å². The van der Waals surface area contributed by atoms with Crippen LogP contribution in [0.4, 0.5) is 17.1 Å². The number of fused-ring (bicyclic) bond motifs is 6. The molecule has 0 saturated carbocycles. The zero-order valence-corrected chi connectivity index (χ0v) is 29.6. The fourth-order valence-corrected chi connectivity index (χ4v) is 8.32. The van der Waals surface area contributed by atoms with Crippen LogP contribution >= 0.6 is 0 Å². The Hall–Kier alpha value is -6.84. The van der Waals surface area contributed by atoms with E-state index in [0.29, 0.717) is 0 Å². The second-order valence-electron chi connectivity index (χ2n) is 13.9. The van der Waals surface area contributed by atoms with E-state index in [1.807, 2.05) is 6.07 Å². The molecule has 0 amide bonds. The van der Waals surface area contributed by atoms with Crippen LogP contribution in [0.15, 0.2) is 186 Å². The third-order valence-electron chi connectivity index (χ3n) is 10.6. The monoisotopic (exact) mass is 680 g/mol. The molecule has 0 N–H and O–H groups in total. The molecule has 53 heavy (non-hydrogen) atoms. The average Bonchev–Trinajstić information content (AvgIpc) is 3.74. The van der Waals surface area contributed by atoms with Crippen molar-refractivity contribution in [3.63, 3.8) is 0 Å². The van der Waals surface area contributed by atoms with E-state index in [4.69, 9.17) is 4.42 Å². The van der Waals surface area contributed by atoms with Crippen molar-refractivity contribution in [2.75, 3.05) is 4.90 Å². The third-order valence-corrected chi connectivity index (χ3v) is 10.6. The van der Waals surface area contributed by atoms with Crippen molar-refractivity contribution in [2.24, 2.45) is 0 Å². The van der Waals surface area contributed by atoms with Gasteiger partial charge in [-0.1, -0.05) is 115 Å². The molecule has 0 radical (unpaired) electrons. The minimum atomic E-state index is 0.879. The molecule has 10 aromatic rings. The smallest absolute Gasteiger partial charge is 0.143 e. The first-order valence-corrected chi connectivity index (χ1v) is 18.2. The van der Waals surface area contributed by atoms with E-state index in [1.54, 1.807) is 0 Å². The summed E-state index contributed by atoms with van der Waals surface area (Å²) in [5.41, 5.74) is 15.7. The van der Waals surface area contributed by atoms with Gasteiger partial charge in [0, 0.05) is 49.9 Å². The van der Waals surface area contributed by atoms with E-state index in [2.05, 4.69) is 199 Å². The molecule has 3 heteroatoms. The third kappa shape index (κ3) is 5.12. The SMILES string of the molecule is Cc1cc(N(c2ccccc2)c2cc(-c3cccc(-n4c5ccccc5c5ccccc54)c3)c3oc4ccccc4c3c2)cc(C)c1-c1ccccc1. The fraction of sp³-hybridized carbons (Fsp3) is 0.0400. The van der Waals surface area contributed by atoms with E-state index < -0.39 is 0 Å². The van der Waals surface area contributed by atoms with Gasteiger partial charge < -0.3 is 13.9 Å². The Labute approximate surface area is 308 Å². The number of hydrogen-bond donors (Lipinski definition) is 0. The lowest BCUT2D eigenvalue weighted by Crippen LogP contribution is -2.11. The van der Waals surface area contributed by atoms with Gasteiger partial charge in [-0.2, -0.15) is 0 Å². The number of hydrogen-bond acceptors (Lipinski definition) is 2. The van der Waals surface area contributed by atoms with Gasteiger partial charge in [0.1, 0.15) is 11.2 Å². The average molecular weight is 681 g/mol. The summed E-state index contributed by atoms with van der Waals surface area (Å²) in [6, 6.07) is 65.2. The van der Waals surface area contributed by atoms with Crippen molar-refractivity contribution < 1.29 is 4.42 Å². The van der Waals surface area contributed by atoms with Crippen LogP contribution in [0.3, 0.4) is 0 Å². The summed E-state index contributed by atoms with van der Waals surface area (Å²) >= 11 is 0. The Bertz CT molecular complexity index is 2890. The minimum absolute atomic E-state index is 0.879. The van der Waals surface area contributed by atoms with E-state index in [9.17, 15) is 0 Å². The Morgan fingerprint density at radius 2 is 1.00 bits per heavy atom. The fourth-order valence-electron chi connectivity index (χ4n) is 8.32. The van der Waals surface area contributed by atoms with Crippen molar-refractivity contribution in [3.8, 4) is 27.9 Å². The molecule has 0 atom stereocenters. The standard InChI is InChI=1S/C50H36N2O/c1-33-28-39(29-34(2)49(33)35-16-5-3-6-17-35)51(37-19-7-4-8-20-37)40-31-44(50-45(32-40)43-24-11-14-27-48(43)53-50)36-18-15-21-38(30-36)52-46-25-12-9-22-41(46)42-23-10-13-26-47(42)52/h3-32H,1-2H3. The van der Waals surface area contributed by atoms with Gasteiger partial charge in [0.25, 0.3) is 0 Å². The number of benzene rings is 8. The highest BCUT2D eigenvalue weighted by Gasteiger charge is 2.21. The van der Waals surface area contributed by atoms with Crippen LogP contribution in [-0.4, -0.2) is 4.57 Å². The number of rotatable bonds is 6. The zero-order chi connectivity index (χ0) is 35.5. The maximum Gasteiger partial charge on any atom is 0.143 e. The Morgan fingerprint density at radius 1 is 0.434 bits per heavy atom. The normalized spacial score (nSPS) is 11.6. The topological polar surface area (TPSA) is 21.3 Å². The molecule has 10 rings (SSSR count). The maximum absolute atomic E-state index is 6.73. The second-order valence-corrected chi connectivity index (χ2v) is 13.9. The molecule has 0 spiro atoms. The lowest BCUT2D eigenvalue weighted by atomic mass is 9.94. The molecular formula is C50H36N2O. The second kappa shape index (κ2) is 12.4. The highest BCUT2D eigenvalue weighted by atomic mass is 16.3. The van der Waals surface area contributed by atoms with Crippen molar-refractivity contribution >= 4 is 60.8 Å². The van der Waals surface area contributed by atoms with Gasteiger partial charge in [0.05, 0.1) is 11.0 Å². The van der Waals surface area contributed by atoms with Crippen molar-refractivity contribution in [2.45, 2.75) is 13.8 Å². The minimum Gasteiger partial charge on any atom is -0.455 e. The van der Waals surface area contributed by atoms with Crippen molar-refractivity contribution in [1.29, 1.82) is 0 Å². The van der Waals surface area contributed by atoms with Gasteiger partial charge >= 0.3 is 0 Å². The number of furan rings is 1. The first-order chi connectivity index (χ1) is 26.1. The molecule has 8 aromatic carbocycles. The van der Waals surface area contributed by atoms with E-state index in [-0.39, 0.29) is 0 Å². The molecule has 0 aliphatic rings. The highest BCUT2D eigenvalue weighted by Crippen LogP contribution is 2.45. The number of para-hydroxylation sites is 4. The summed E-state index contributed by atoms with van der Waals surface area (Å²) < 4.78 is 9.11. The largest absolute Gasteiger partial charge is 0.455 e. The Kier molecular flexibility index (Phi) is 7.26. The lowest BCUT2D eigenvalue weighted by molar-refractivity contribution is 0.670. The summed E-state index contributed by atoms with van der Waals surface area (Å²) in [5, 5.41) is 4.68. The van der Waals surface area contributed by atoms with Gasteiger partial charge in [-0.3, -0.25) is 0 Å². The molecule has 0 fully saturated rings. The van der Waals surface area contributed by atoms with Crippen molar-refractivity contribution in [3.05, 3.63) is 193 Å². The van der Waals surface area contributed by atoms with E-state index >= 15 is 0 Å². The summed E-state index contributed by atoms with van der Waals surface area (Å²) in [4.78, 5) is 2.39. The predicted octanol–water partition coefficient (Wildman–Crippen LogP) is 14.1. The van der Waals surface area contributed by atoms with Crippen LogP contribution in [0.5, 0.6) is 0 Å². The molecule has 2 heterocycles. The molecular weight excluding hydrogens is 645 g/mol. The number of aryl methyl sites for hydroxylation is 2. The predicted molar refractivity (Wildman–Crippen MR) is 223 cm³/mol. The van der Waals surface area contributed by atoms with Gasteiger partial charge in [0.15, 0.2) is 0 Å².